The van der Waals surface area contributed by atoms with E-state index in [0.29, 0.717) is 11.1 Å². The number of nitrogens with one attached hydrogen (secondary N) is 1. The molecule has 1 atom stereocenters. The Labute approximate surface area is 95.4 Å². The normalized spacial score (nSPS) is 21.9. The molecule has 0 amide bonds. The zero-order valence-electron chi connectivity index (χ0n) is 8.91. The van der Waals surface area contributed by atoms with Gasteiger partial charge in [-0.1, -0.05) is 11.6 Å². The number of hydrogen-bond acceptors (Lipinski definition) is 3. The minimum absolute atomic E-state index is 0.634. The van der Waals surface area contributed by atoms with Crippen LogP contribution >= 0.6 is 11.6 Å². The van der Waals surface area contributed by atoms with E-state index in [2.05, 4.69) is 22.2 Å². The van der Waals surface area contributed by atoms with Crippen LogP contribution in [-0.4, -0.2) is 36.1 Å². The number of likely N-dealkylation sites (tertiary alicyclic amines) is 1. The zero-order valence-corrected chi connectivity index (χ0v) is 9.67. The summed E-state index contributed by atoms with van der Waals surface area (Å²) in [6.07, 6.45) is 5.99. The van der Waals surface area contributed by atoms with E-state index in [0.717, 1.165) is 12.2 Å². The van der Waals surface area contributed by atoms with Gasteiger partial charge < -0.3 is 10.2 Å². The van der Waals surface area contributed by atoms with Crippen molar-refractivity contribution in [2.24, 2.45) is 0 Å². The SMILES string of the molecule is CN1CCCC1CNc1ccncc1Cl. The summed E-state index contributed by atoms with van der Waals surface area (Å²) in [5, 5.41) is 4.06. The molecule has 3 nitrogen and oxygen atoms in total. The van der Waals surface area contributed by atoms with Crippen molar-refractivity contribution in [2.45, 2.75) is 18.9 Å². The molecule has 82 valence electrons. The van der Waals surface area contributed by atoms with Gasteiger partial charge in [0.1, 0.15) is 0 Å². The highest BCUT2D eigenvalue weighted by atomic mass is 35.5. The van der Waals surface area contributed by atoms with E-state index >= 15 is 0 Å². The van der Waals surface area contributed by atoms with Crippen LogP contribution in [0.15, 0.2) is 18.5 Å². The molecule has 2 heterocycles. The molecule has 0 bridgehead atoms. The van der Waals surface area contributed by atoms with Crippen LogP contribution < -0.4 is 5.32 Å². The Bertz CT molecular complexity index is 329. The maximum atomic E-state index is 6.01. The predicted molar refractivity (Wildman–Crippen MR) is 63.4 cm³/mol. The Balaban J connectivity index is 1.90. The third-order valence-electron chi connectivity index (χ3n) is 2.97. The quantitative estimate of drug-likeness (QED) is 0.855. The maximum Gasteiger partial charge on any atom is 0.0820 e. The van der Waals surface area contributed by atoms with Gasteiger partial charge in [-0.25, -0.2) is 0 Å². The second kappa shape index (κ2) is 4.81. The highest BCUT2D eigenvalue weighted by Crippen LogP contribution is 2.21. The first-order chi connectivity index (χ1) is 7.27. The lowest BCUT2D eigenvalue weighted by molar-refractivity contribution is 0.322. The van der Waals surface area contributed by atoms with Crippen LogP contribution in [0.25, 0.3) is 0 Å². The third kappa shape index (κ3) is 2.61. The lowest BCUT2D eigenvalue weighted by Crippen LogP contribution is -2.31. The second-order valence-corrected chi connectivity index (χ2v) is 4.42. The fraction of sp³-hybridized carbons (Fsp3) is 0.545. The van der Waals surface area contributed by atoms with Crippen molar-refractivity contribution in [3.63, 3.8) is 0 Å². The molecule has 1 N–H and O–H groups in total. The number of anilines is 1. The lowest BCUT2D eigenvalue weighted by atomic mass is 10.2. The number of likely N-dealkylation sites (N-methyl/N-ethyl adjacent to an activating group) is 1. The molecule has 1 aromatic rings. The zero-order chi connectivity index (χ0) is 10.7. The molecule has 0 spiro atoms. The van der Waals surface area contributed by atoms with Crippen LogP contribution in [0.2, 0.25) is 5.02 Å². The minimum atomic E-state index is 0.634. The van der Waals surface area contributed by atoms with E-state index in [1.54, 1.807) is 12.4 Å². The highest BCUT2D eigenvalue weighted by molar-refractivity contribution is 6.33. The van der Waals surface area contributed by atoms with Gasteiger partial charge in [0.05, 0.1) is 10.7 Å². The van der Waals surface area contributed by atoms with Crippen LogP contribution in [0.4, 0.5) is 5.69 Å². The molecule has 1 fully saturated rings. The van der Waals surface area contributed by atoms with Crippen molar-refractivity contribution in [1.29, 1.82) is 0 Å². The van der Waals surface area contributed by atoms with Gasteiger partial charge >= 0.3 is 0 Å². The molecule has 2 rings (SSSR count). The van der Waals surface area contributed by atoms with E-state index < -0.39 is 0 Å². The summed E-state index contributed by atoms with van der Waals surface area (Å²) in [4.78, 5) is 6.35. The molecular weight excluding hydrogens is 210 g/mol. The molecule has 1 aromatic heterocycles. The van der Waals surface area contributed by atoms with Gasteiger partial charge in [0.15, 0.2) is 0 Å². The fourth-order valence-corrected chi connectivity index (χ4v) is 2.17. The summed E-state index contributed by atoms with van der Waals surface area (Å²) < 4.78 is 0. The van der Waals surface area contributed by atoms with Crippen LogP contribution in [0.1, 0.15) is 12.8 Å². The minimum Gasteiger partial charge on any atom is -0.382 e. The Kier molecular flexibility index (Phi) is 3.44. The van der Waals surface area contributed by atoms with E-state index in [1.165, 1.54) is 19.4 Å². The van der Waals surface area contributed by atoms with Crippen molar-refractivity contribution >= 4 is 17.3 Å². The Hall–Kier alpha value is -0.800. The van der Waals surface area contributed by atoms with Gasteiger partial charge in [-0.15, -0.1) is 0 Å². The van der Waals surface area contributed by atoms with Crippen molar-refractivity contribution in [3.05, 3.63) is 23.5 Å². The molecule has 0 radical (unpaired) electrons. The molecule has 0 aromatic carbocycles. The number of aromatic nitrogens is 1. The number of pyridine rings is 1. The summed E-state index contributed by atoms with van der Waals surface area (Å²) >= 11 is 6.01. The molecule has 1 aliphatic heterocycles. The van der Waals surface area contributed by atoms with E-state index in [4.69, 9.17) is 11.6 Å². The third-order valence-corrected chi connectivity index (χ3v) is 3.27. The Morgan fingerprint density at radius 3 is 3.20 bits per heavy atom. The second-order valence-electron chi connectivity index (χ2n) is 4.01. The summed E-state index contributed by atoms with van der Waals surface area (Å²) in [5.74, 6) is 0. The fourth-order valence-electron chi connectivity index (χ4n) is 1.98. The molecule has 1 aliphatic rings. The smallest absolute Gasteiger partial charge is 0.0820 e. The number of hydrogen-bond donors (Lipinski definition) is 1. The van der Waals surface area contributed by atoms with E-state index in [9.17, 15) is 0 Å². The monoisotopic (exact) mass is 225 g/mol. The average molecular weight is 226 g/mol. The highest BCUT2D eigenvalue weighted by Gasteiger charge is 2.20. The topological polar surface area (TPSA) is 28.2 Å². The Morgan fingerprint density at radius 2 is 2.53 bits per heavy atom. The van der Waals surface area contributed by atoms with Crippen LogP contribution in [-0.2, 0) is 0 Å². The molecule has 1 unspecified atom stereocenters. The van der Waals surface area contributed by atoms with Crippen molar-refractivity contribution < 1.29 is 0 Å². The number of halogens is 1. The van der Waals surface area contributed by atoms with Crippen molar-refractivity contribution in [2.75, 3.05) is 25.5 Å². The number of nitrogens with zero attached hydrogens (tertiary/aromatic N) is 2. The van der Waals surface area contributed by atoms with Gasteiger partial charge in [0.25, 0.3) is 0 Å². The van der Waals surface area contributed by atoms with Gasteiger partial charge in [-0.2, -0.15) is 0 Å². The first-order valence-corrected chi connectivity index (χ1v) is 5.69. The summed E-state index contributed by atoms with van der Waals surface area (Å²) in [7, 11) is 2.17. The first kappa shape index (κ1) is 10.7. The van der Waals surface area contributed by atoms with E-state index in [1.807, 2.05) is 6.07 Å². The van der Waals surface area contributed by atoms with Crippen LogP contribution in [0.5, 0.6) is 0 Å². The first-order valence-electron chi connectivity index (χ1n) is 5.31. The van der Waals surface area contributed by atoms with Crippen molar-refractivity contribution in [1.82, 2.24) is 9.88 Å². The largest absolute Gasteiger partial charge is 0.382 e. The van der Waals surface area contributed by atoms with Gasteiger partial charge in [-0.3, -0.25) is 4.98 Å². The average Bonchev–Trinajstić information content (AvgIpc) is 2.63. The molecule has 1 saturated heterocycles. The van der Waals surface area contributed by atoms with Gasteiger partial charge in [0, 0.05) is 25.0 Å². The van der Waals surface area contributed by atoms with Crippen molar-refractivity contribution in [3.8, 4) is 0 Å². The molecular formula is C11H16ClN3. The van der Waals surface area contributed by atoms with Crippen LogP contribution in [0, 0.1) is 0 Å². The van der Waals surface area contributed by atoms with E-state index in [-0.39, 0.29) is 0 Å². The predicted octanol–water partition coefficient (Wildman–Crippen LogP) is 2.24. The molecule has 15 heavy (non-hydrogen) atoms. The van der Waals surface area contributed by atoms with Crippen LogP contribution in [0.3, 0.4) is 0 Å². The molecule has 4 heteroatoms. The molecule has 0 saturated carbocycles. The Morgan fingerprint density at radius 1 is 1.67 bits per heavy atom. The maximum absolute atomic E-state index is 6.01. The van der Waals surface area contributed by atoms with Gasteiger partial charge in [0.2, 0.25) is 0 Å². The number of rotatable bonds is 3. The lowest BCUT2D eigenvalue weighted by Gasteiger charge is -2.20. The standard InChI is InChI=1S/C11H16ClN3/c1-15-6-2-3-9(15)7-14-11-4-5-13-8-10(11)12/h4-5,8-9H,2-3,6-7H2,1H3,(H,13,14). The summed E-state index contributed by atoms with van der Waals surface area (Å²) in [6, 6.07) is 2.55. The summed E-state index contributed by atoms with van der Waals surface area (Å²) in [5.41, 5.74) is 0.979. The summed E-state index contributed by atoms with van der Waals surface area (Å²) in [6.45, 7) is 2.16. The van der Waals surface area contributed by atoms with Gasteiger partial charge in [-0.05, 0) is 32.5 Å². The molecule has 0 aliphatic carbocycles.